The number of allylic oxidation sites excluding steroid dienone is 1. The number of rotatable bonds is 5. The van der Waals surface area contributed by atoms with Gasteiger partial charge in [-0.15, -0.1) is 0 Å². The van der Waals surface area contributed by atoms with Gasteiger partial charge in [-0.1, -0.05) is 12.1 Å². The van der Waals surface area contributed by atoms with Gasteiger partial charge in [0.15, 0.2) is 0 Å². The summed E-state index contributed by atoms with van der Waals surface area (Å²) in [5.74, 6) is -1.93. The lowest BCUT2D eigenvalue weighted by atomic mass is 9.69. The van der Waals surface area contributed by atoms with Crippen molar-refractivity contribution in [2.45, 2.75) is 46.0 Å². The summed E-state index contributed by atoms with van der Waals surface area (Å²) in [6.07, 6.45) is 3.41. The number of ketones is 1. The molecule has 1 aromatic heterocycles. The van der Waals surface area contributed by atoms with Crippen LogP contribution in [0.15, 0.2) is 46.7 Å². The van der Waals surface area contributed by atoms with E-state index in [-0.39, 0.29) is 19.0 Å². The van der Waals surface area contributed by atoms with E-state index in [0.29, 0.717) is 34.2 Å². The van der Waals surface area contributed by atoms with Gasteiger partial charge in [0, 0.05) is 35.3 Å². The second-order valence-corrected chi connectivity index (χ2v) is 7.96. The van der Waals surface area contributed by atoms with Crippen LogP contribution in [0, 0.1) is 5.92 Å². The van der Waals surface area contributed by atoms with E-state index in [1.807, 2.05) is 18.2 Å². The molecule has 1 aromatic carbocycles. The van der Waals surface area contributed by atoms with E-state index < -0.39 is 23.8 Å². The highest BCUT2D eigenvalue weighted by Crippen LogP contribution is 2.45. The number of carbonyl (C=O) groups is 3. The lowest BCUT2D eigenvalue weighted by Gasteiger charge is -2.36. The van der Waals surface area contributed by atoms with Crippen molar-refractivity contribution in [1.29, 1.82) is 0 Å². The van der Waals surface area contributed by atoms with Crippen molar-refractivity contribution in [3.05, 3.63) is 52.9 Å². The summed E-state index contributed by atoms with van der Waals surface area (Å²) in [7, 11) is 0. The van der Waals surface area contributed by atoms with Gasteiger partial charge in [-0.25, -0.2) is 9.59 Å². The lowest BCUT2D eigenvalue weighted by molar-refractivity contribution is -0.139. The normalized spacial score (nSPS) is 20.6. The van der Waals surface area contributed by atoms with Crippen LogP contribution in [-0.4, -0.2) is 41.6 Å². The molecule has 4 rings (SSSR count). The number of Topliss-reactive ketones (excluding diaryl/α,β-unsaturated/α-hetero) is 1. The monoisotopic (exact) mass is 434 g/mol. The van der Waals surface area contributed by atoms with Gasteiger partial charge < -0.3 is 9.47 Å². The average Bonchev–Trinajstić information content (AvgIpc) is 2.78. The Morgan fingerprint density at radius 3 is 2.56 bits per heavy atom. The summed E-state index contributed by atoms with van der Waals surface area (Å²) >= 11 is 0. The molecule has 2 aromatic rings. The van der Waals surface area contributed by atoms with Crippen molar-refractivity contribution in [3.8, 4) is 0 Å². The molecule has 2 aliphatic rings. The molecule has 0 amide bonds. The number of fused-ring (bicyclic) bond motifs is 2. The molecule has 1 fully saturated rings. The fourth-order valence-corrected chi connectivity index (χ4v) is 4.70. The Bertz CT molecular complexity index is 1160. The number of carbonyl (C=O) groups excluding carboxylic acids is 3. The zero-order valence-corrected chi connectivity index (χ0v) is 18.5. The molecule has 0 N–H and O–H groups in total. The molecule has 0 radical (unpaired) electrons. The lowest BCUT2D eigenvalue weighted by Crippen LogP contribution is -2.39. The Morgan fingerprint density at radius 2 is 1.81 bits per heavy atom. The van der Waals surface area contributed by atoms with Crippen LogP contribution in [-0.2, 0) is 19.1 Å². The first-order valence-corrected chi connectivity index (χ1v) is 11.0. The minimum Gasteiger partial charge on any atom is -0.463 e. The maximum atomic E-state index is 13.1. The van der Waals surface area contributed by atoms with E-state index in [4.69, 9.17) is 9.47 Å². The number of hydrogen-bond donors (Lipinski definition) is 0. The summed E-state index contributed by atoms with van der Waals surface area (Å²) in [4.78, 5) is 47.6. The number of ether oxygens (including phenoxy) is 2. The molecule has 0 spiro atoms. The van der Waals surface area contributed by atoms with Crippen molar-refractivity contribution >= 4 is 34.3 Å². The molecular weight excluding hydrogens is 408 g/mol. The summed E-state index contributed by atoms with van der Waals surface area (Å²) < 4.78 is 10.5. The topological polar surface area (TPSA) is 94.9 Å². The van der Waals surface area contributed by atoms with Crippen LogP contribution in [0.5, 0.6) is 0 Å². The molecule has 7 heteroatoms. The van der Waals surface area contributed by atoms with Crippen molar-refractivity contribution < 1.29 is 23.9 Å². The highest BCUT2D eigenvalue weighted by atomic mass is 16.5. The fourth-order valence-electron chi connectivity index (χ4n) is 4.70. The molecule has 7 nitrogen and oxygen atoms in total. The molecular formula is C25H26N2O5. The highest BCUT2D eigenvalue weighted by molar-refractivity contribution is 6.12. The van der Waals surface area contributed by atoms with Gasteiger partial charge in [-0.2, -0.15) is 0 Å². The van der Waals surface area contributed by atoms with Crippen LogP contribution < -0.4 is 0 Å². The summed E-state index contributed by atoms with van der Waals surface area (Å²) in [6.45, 7) is 5.76. The Kier molecular flexibility index (Phi) is 6.17. The smallest absolute Gasteiger partial charge is 0.339 e. The molecule has 2 unspecified atom stereocenters. The van der Waals surface area contributed by atoms with E-state index >= 15 is 0 Å². The predicted molar refractivity (Wildman–Crippen MR) is 120 cm³/mol. The Morgan fingerprint density at radius 1 is 1.06 bits per heavy atom. The van der Waals surface area contributed by atoms with E-state index in [9.17, 15) is 14.4 Å². The molecule has 1 aliphatic heterocycles. The van der Waals surface area contributed by atoms with Gasteiger partial charge >= 0.3 is 11.9 Å². The maximum Gasteiger partial charge on any atom is 0.339 e. The molecule has 2 heterocycles. The Labute approximate surface area is 186 Å². The minimum absolute atomic E-state index is 0.0702. The summed E-state index contributed by atoms with van der Waals surface area (Å²) in [6, 6.07) is 7.31. The SMILES string of the molecule is CCOC(=O)C1=C(C)N=C2CCCC(=O)C2C1c1cccc2ncc(C(=O)OCC)cc12. The third kappa shape index (κ3) is 3.83. The Balaban J connectivity index is 1.94. The largest absolute Gasteiger partial charge is 0.463 e. The molecule has 0 bridgehead atoms. The quantitative estimate of drug-likeness (QED) is 0.656. The number of nitrogens with zero attached hydrogens (tertiary/aromatic N) is 2. The van der Waals surface area contributed by atoms with Gasteiger partial charge in [0.1, 0.15) is 5.78 Å². The van der Waals surface area contributed by atoms with Gasteiger partial charge in [0.05, 0.1) is 35.8 Å². The maximum absolute atomic E-state index is 13.1. The van der Waals surface area contributed by atoms with Gasteiger partial charge in [-0.05, 0) is 51.3 Å². The third-order valence-corrected chi connectivity index (χ3v) is 6.01. The zero-order chi connectivity index (χ0) is 22.8. The zero-order valence-electron chi connectivity index (χ0n) is 18.5. The summed E-state index contributed by atoms with van der Waals surface area (Å²) in [5.41, 5.74) is 3.53. The van der Waals surface area contributed by atoms with Gasteiger partial charge in [0.2, 0.25) is 0 Å². The second kappa shape index (κ2) is 9.02. The molecule has 0 saturated heterocycles. The van der Waals surface area contributed by atoms with Crippen LogP contribution >= 0.6 is 0 Å². The fraction of sp³-hybridized carbons (Fsp3) is 0.400. The number of aliphatic imine (C=N–C) groups is 1. The van der Waals surface area contributed by atoms with E-state index in [0.717, 1.165) is 24.1 Å². The summed E-state index contributed by atoms with van der Waals surface area (Å²) in [5, 5.41) is 0.706. The highest BCUT2D eigenvalue weighted by Gasteiger charge is 2.44. The van der Waals surface area contributed by atoms with E-state index in [1.54, 1.807) is 26.8 Å². The minimum atomic E-state index is -0.544. The number of esters is 2. The van der Waals surface area contributed by atoms with Crippen LogP contribution in [0.3, 0.4) is 0 Å². The number of benzene rings is 1. The first kappa shape index (κ1) is 21.9. The molecule has 32 heavy (non-hydrogen) atoms. The molecule has 2 atom stereocenters. The predicted octanol–water partition coefficient (Wildman–Crippen LogP) is 4.16. The van der Waals surface area contributed by atoms with Crippen molar-refractivity contribution in [1.82, 2.24) is 4.98 Å². The third-order valence-electron chi connectivity index (χ3n) is 6.01. The van der Waals surface area contributed by atoms with Crippen LogP contribution in [0.25, 0.3) is 10.9 Å². The van der Waals surface area contributed by atoms with E-state index in [2.05, 4.69) is 9.98 Å². The van der Waals surface area contributed by atoms with Crippen LogP contribution in [0.1, 0.15) is 61.9 Å². The van der Waals surface area contributed by atoms with Crippen LogP contribution in [0.2, 0.25) is 0 Å². The van der Waals surface area contributed by atoms with Crippen molar-refractivity contribution in [2.24, 2.45) is 10.9 Å². The second-order valence-electron chi connectivity index (χ2n) is 7.96. The van der Waals surface area contributed by atoms with Crippen molar-refractivity contribution in [3.63, 3.8) is 0 Å². The molecule has 1 aliphatic carbocycles. The van der Waals surface area contributed by atoms with E-state index in [1.165, 1.54) is 6.20 Å². The molecule has 166 valence electrons. The standard InChI is InChI=1S/C25H26N2O5/c1-4-31-24(29)15-12-17-16(8-6-9-18(17)26-13-15)22-21(25(30)32-5-2)14(3)27-19-10-7-11-20(28)23(19)22/h6,8-9,12-13,22-23H,4-5,7,10-11H2,1-3H3. The van der Waals surface area contributed by atoms with Gasteiger partial charge in [0.25, 0.3) is 0 Å². The van der Waals surface area contributed by atoms with Crippen LogP contribution in [0.4, 0.5) is 0 Å². The first-order valence-electron chi connectivity index (χ1n) is 11.0. The number of pyridine rings is 1. The average molecular weight is 434 g/mol. The molecule has 1 saturated carbocycles. The first-order chi connectivity index (χ1) is 15.5. The Hall–Kier alpha value is -3.35. The number of hydrogen-bond acceptors (Lipinski definition) is 7. The van der Waals surface area contributed by atoms with Gasteiger partial charge in [-0.3, -0.25) is 14.8 Å². The van der Waals surface area contributed by atoms with Crippen molar-refractivity contribution in [2.75, 3.05) is 13.2 Å². The number of aromatic nitrogens is 1.